The van der Waals surface area contributed by atoms with E-state index in [0.29, 0.717) is 5.56 Å². The molecule has 0 saturated carbocycles. The Bertz CT molecular complexity index is 420. The molecule has 98 valence electrons. The Balaban J connectivity index is 1.87. The highest BCUT2D eigenvalue weighted by molar-refractivity contribution is 5.79. The Kier molecular flexibility index (Phi) is 4.20. The van der Waals surface area contributed by atoms with Crippen molar-refractivity contribution in [2.75, 3.05) is 20.1 Å². The summed E-state index contributed by atoms with van der Waals surface area (Å²) in [7, 11) is 2.07. The minimum absolute atomic E-state index is 0.0169. The maximum Gasteiger partial charge on any atom is 0.224 e. The van der Waals surface area contributed by atoms with Crippen LogP contribution in [0.25, 0.3) is 0 Å². The molecular formula is C14H20N2O2. The quantitative estimate of drug-likeness (QED) is 0.843. The van der Waals surface area contributed by atoms with Crippen LogP contribution in [0.3, 0.4) is 0 Å². The standard InChI is InChI=1S/C14H20N2O2/c1-16-8-4-6-12(10-16)15-14(18)9-11-5-2-3-7-13(11)17/h2-3,5,7,12,17H,4,6,8-10H2,1H3,(H,15,18). The molecule has 0 aliphatic carbocycles. The van der Waals surface area contributed by atoms with Gasteiger partial charge < -0.3 is 15.3 Å². The zero-order valence-electron chi connectivity index (χ0n) is 10.7. The summed E-state index contributed by atoms with van der Waals surface area (Å²) in [4.78, 5) is 14.1. The van der Waals surface area contributed by atoms with Gasteiger partial charge in [0, 0.05) is 18.2 Å². The molecule has 1 heterocycles. The summed E-state index contributed by atoms with van der Waals surface area (Å²) >= 11 is 0. The molecule has 1 aromatic carbocycles. The van der Waals surface area contributed by atoms with Crippen molar-refractivity contribution in [2.24, 2.45) is 0 Å². The number of hydrogen-bond acceptors (Lipinski definition) is 3. The van der Waals surface area contributed by atoms with Gasteiger partial charge in [-0.1, -0.05) is 18.2 Å². The van der Waals surface area contributed by atoms with E-state index in [-0.39, 0.29) is 24.1 Å². The maximum absolute atomic E-state index is 11.9. The van der Waals surface area contributed by atoms with E-state index in [9.17, 15) is 9.90 Å². The van der Waals surface area contributed by atoms with Gasteiger partial charge in [0.1, 0.15) is 5.75 Å². The Morgan fingerprint density at radius 1 is 1.50 bits per heavy atom. The fourth-order valence-corrected chi connectivity index (χ4v) is 2.40. The molecule has 0 bridgehead atoms. The molecule has 2 N–H and O–H groups in total. The van der Waals surface area contributed by atoms with Crippen LogP contribution in [0.4, 0.5) is 0 Å². The fraction of sp³-hybridized carbons (Fsp3) is 0.500. The smallest absolute Gasteiger partial charge is 0.224 e. The highest BCUT2D eigenvalue weighted by atomic mass is 16.3. The van der Waals surface area contributed by atoms with Gasteiger partial charge in [0.15, 0.2) is 0 Å². The summed E-state index contributed by atoms with van der Waals surface area (Å²) in [5, 5.41) is 12.7. The molecular weight excluding hydrogens is 228 g/mol. The van der Waals surface area contributed by atoms with Gasteiger partial charge in [0.25, 0.3) is 0 Å². The molecule has 0 aromatic heterocycles. The number of piperidine rings is 1. The molecule has 0 radical (unpaired) electrons. The van der Waals surface area contributed by atoms with Crippen molar-refractivity contribution in [3.05, 3.63) is 29.8 Å². The first kappa shape index (κ1) is 12.9. The van der Waals surface area contributed by atoms with Crippen LogP contribution in [0.15, 0.2) is 24.3 Å². The number of amides is 1. The lowest BCUT2D eigenvalue weighted by atomic mass is 10.1. The highest BCUT2D eigenvalue weighted by Crippen LogP contribution is 2.16. The molecule has 1 saturated heterocycles. The Morgan fingerprint density at radius 3 is 3.00 bits per heavy atom. The van der Waals surface area contributed by atoms with Gasteiger partial charge in [-0.05, 0) is 32.5 Å². The lowest BCUT2D eigenvalue weighted by Crippen LogP contribution is -2.46. The van der Waals surface area contributed by atoms with Crippen LogP contribution in [0.1, 0.15) is 18.4 Å². The van der Waals surface area contributed by atoms with Gasteiger partial charge in [-0.2, -0.15) is 0 Å². The first-order valence-corrected chi connectivity index (χ1v) is 6.40. The van der Waals surface area contributed by atoms with Gasteiger partial charge in [-0.25, -0.2) is 0 Å². The number of aromatic hydroxyl groups is 1. The van der Waals surface area contributed by atoms with Gasteiger partial charge in [-0.15, -0.1) is 0 Å². The molecule has 1 fully saturated rings. The molecule has 1 aliphatic heterocycles. The number of carbonyl (C=O) groups excluding carboxylic acids is 1. The molecule has 1 unspecified atom stereocenters. The van der Waals surface area contributed by atoms with E-state index >= 15 is 0 Å². The van der Waals surface area contributed by atoms with Crippen LogP contribution >= 0.6 is 0 Å². The summed E-state index contributed by atoms with van der Waals surface area (Å²) in [6, 6.07) is 7.21. The average molecular weight is 248 g/mol. The number of nitrogens with zero attached hydrogens (tertiary/aromatic N) is 1. The van der Waals surface area contributed by atoms with Crippen molar-refractivity contribution < 1.29 is 9.90 Å². The van der Waals surface area contributed by atoms with Gasteiger partial charge in [0.05, 0.1) is 6.42 Å². The zero-order chi connectivity index (χ0) is 13.0. The summed E-state index contributed by atoms with van der Waals surface area (Å²) in [6.07, 6.45) is 2.40. The van der Waals surface area contributed by atoms with E-state index in [1.165, 1.54) is 0 Å². The topological polar surface area (TPSA) is 52.6 Å². The lowest BCUT2D eigenvalue weighted by molar-refractivity contribution is -0.121. The summed E-state index contributed by atoms with van der Waals surface area (Å²) in [6.45, 7) is 2.01. The minimum Gasteiger partial charge on any atom is -0.508 e. The third kappa shape index (κ3) is 3.47. The van der Waals surface area contributed by atoms with Crippen LogP contribution in [-0.2, 0) is 11.2 Å². The van der Waals surface area contributed by atoms with Crippen molar-refractivity contribution in [2.45, 2.75) is 25.3 Å². The van der Waals surface area contributed by atoms with E-state index in [2.05, 4.69) is 17.3 Å². The molecule has 4 heteroatoms. The Hall–Kier alpha value is -1.55. The second-order valence-corrected chi connectivity index (χ2v) is 4.97. The largest absolute Gasteiger partial charge is 0.508 e. The number of phenolic OH excluding ortho intramolecular Hbond substituents is 1. The van der Waals surface area contributed by atoms with Crippen molar-refractivity contribution in [1.82, 2.24) is 10.2 Å². The zero-order valence-corrected chi connectivity index (χ0v) is 10.7. The third-order valence-electron chi connectivity index (χ3n) is 3.33. The van der Waals surface area contributed by atoms with Crippen LogP contribution < -0.4 is 5.32 Å². The molecule has 0 spiro atoms. The van der Waals surface area contributed by atoms with Crippen LogP contribution in [-0.4, -0.2) is 42.1 Å². The van der Waals surface area contributed by atoms with Crippen molar-refractivity contribution in [3.8, 4) is 5.75 Å². The summed E-state index contributed by atoms with van der Waals surface area (Å²) < 4.78 is 0. The first-order chi connectivity index (χ1) is 8.65. The van der Waals surface area contributed by atoms with Gasteiger partial charge >= 0.3 is 0 Å². The van der Waals surface area contributed by atoms with Crippen LogP contribution in [0, 0.1) is 0 Å². The van der Waals surface area contributed by atoms with E-state index in [1.54, 1.807) is 18.2 Å². The van der Waals surface area contributed by atoms with Crippen molar-refractivity contribution >= 4 is 5.91 Å². The van der Waals surface area contributed by atoms with E-state index in [1.807, 2.05) is 6.07 Å². The summed E-state index contributed by atoms with van der Waals surface area (Å²) in [5.41, 5.74) is 0.680. The fourth-order valence-electron chi connectivity index (χ4n) is 2.40. The van der Waals surface area contributed by atoms with Crippen LogP contribution in [0.5, 0.6) is 5.75 Å². The molecule has 1 aliphatic rings. The molecule has 4 nitrogen and oxygen atoms in total. The number of nitrogens with one attached hydrogen (secondary N) is 1. The number of benzene rings is 1. The van der Waals surface area contributed by atoms with E-state index in [0.717, 1.165) is 25.9 Å². The van der Waals surface area contributed by atoms with Crippen LogP contribution in [0.2, 0.25) is 0 Å². The molecule has 1 atom stereocenters. The van der Waals surface area contributed by atoms with E-state index in [4.69, 9.17) is 0 Å². The number of likely N-dealkylation sites (tertiary alicyclic amines) is 1. The number of carbonyl (C=O) groups is 1. The summed E-state index contributed by atoms with van der Waals surface area (Å²) in [5.74, 6) is 0.171. The molecule has 1 amide bonds. The monoisotopic (exact) mass is 248 g/mol. The SMILES string of the molecule is CN1CCCC(NC(=O)Cc2ccccc2O)C1. The predicted molar refractivity (Wildman–Crippen MR) is 70.5 cm³/mol. The minimum atomic E-state index is -0.0169. The number of hydrogen-bond donors (Lipinski definition) is 2. The van der Waals surface area contributed by atoms with Gasteiger partial charge in [-0.3, -0.25) is 4.79 Å². The number of phenols is 1. The lowest BCUT2D eigenvalue weighted by Gasteiger charge is -2.30. The number of para-hydroxylation sites is 1. The highest BCUT2D eigenvalue weighted by Gasteiger charge is 2.19. The van der Waals surface area contributed by atoms with Crippen molar-refractivity contribution in [1.29, 1.82) is 0 Å². The second-order valence-electron chi connectivity index (χ2n) is 4.97. The van der Waals surface area contributed by atoms with Gasteiger partial charge in [0.2, 0.25) is 5.91 Å². The maximum atomic E-state index is 11.9. The number of likely N-dealkylation sites (N-methyl/N-ethyl adjacent to an activating group) is 1. The average Bonchev–Trinajstić information content (AvgIpc) is 2.32. The predicted octanol–water partition coefficient (Wildman–Crippen LogP) is 1.15. The van der Waals surface area contributed by atoms with Crippen molar-refractivity contribution in [3.63, 3.8) is 0 Å². The van der Waals surface area contributed by atoms with E-state index < -0.39 is 0 Å². The molecule has 18 heavy (non-hydrogen) atoms. The molecule has 1 aromatic rings. The Morgan fingerprint density at radius 2 is 2.28 bits per heavy atom. The first-order valence-electron chi connectivity index (χ1n) is 6.40. The third-order valence-corrected chi connectivity index (χ3v) is 3.33. The number of rotatable bonds is 3. The second kappa shape index (κ2) is 5.87. The molecule has 2 rings (SSSR count). The normalized spacial score (nSPS) is 20.6. The Labute approximate surface area is 108 Å².